The summed E-state index contributed by atoms with van der Waals surface area (Å²) in [6.45, 7) is 7.43. The van der Waals surface area contributed by atoms with Crippen molar-refractivity contribution in [2.45, 2.75) is 45.1 Å². The van der Waals surface area contributed by atoms with Crippen LogP contribution in [0.3, 0.4) is 0 Å². The zero-order chi connectivity index (χ0) is 12.3. The van der Waals surface area contributed by atoms with E-state index in [1.54, 1.807) is 0 Å². The van der Waals surface area contributed by atoms with Crippen LogP contribution >= 0.6 is 0 Å². The molecule has 1 aliphatic heterocycles. The molecule has 0 bridgehead atoms. The average Bonchev–Trinajstić information content (AvgIpc) is 2.78. The van der Waals surface area contributed by atoms with Crippen molar-refractivity contribution in [1.29, 1.82) is 0 Å². The predicted octanol–water partition coefficient (Wildman–Crippen LogP) is 1.76. The topological polar surface area (TPSA) is 55.3 Å². The highest BCUT2D eigenvalue weighted by Gasteiger charge is 2.25. The largest absolute Gasteiger partial charge is 0.445 e. The highest BCUT2D eigenvalue weighted by atomic mass is 16.4. The highest BCUT2D eigenvalue weighted by molar-refractivity contribution is 5.01. The molecule has 1 aliphatic rings. The first-order valence-corrected chi connectivity index (χ1v) is 6.59. The maximum absolute atomic E-state index is 5.75. The summed E-state index contributed by atoms with van der Waals surface area (Å²) in [5, 5.41) is 0. The van der Waals surface area contributed by atoms with Crippen LogP contribution in [0, 0.1) is 0 Å². The van der Waals surface area contributed by atoms with E-state index in [0.717, 1.165) is 44.0 Å². The molecular weight excluding hydrogens is 214 g/mol. The van der Waals surface area contributed by atoms with Crippen LogP contribution in [0.1, 0.15) is 44.3 Å². The average molecular weight is 237 g/mol. The Morgan fingerprint density at radius 2 is 2.18 bits per heavy atom. The van der Waals surface area contributed by atoms with E-state index < -0.39 is 0 Å². The van der Waals surface area contributed by atoms with Gasteiger partial charge in [0.05, 0.1) is 6.20 Å². The number of aromatic nitrogens is 1. The van der Waals surface area contributed by atoms with Gasteiger partial charge in [0, 0.05) is 18.4 Å². The maximum Gasteiger partial charge on any atom is 0.197 e. The van der Waals surface area contributed by atoms with Gasteiger partial charge in [0.1, 0.15) is 5.76 Å². The van der Waals surface area contributed by atoms with E-state index in [0.29, 0.717) is 18.5 Å². The quantitative estimate of drug-likeness (QED) is 0.867. The van der Waals surface area contributed by atoms with Crippen molar-refractivity contribution in [3.05, 3.63) is 17.8 Å². The van der Waals surface area contributed by atoms with Crippen LogP contribution in [0.5, 0.6) is 0 Å². The second-order valence-electron chi connectivity index (χ2n) is 5.11. The highest BCUT2D eigenvalue weighted by Crippen LogP contribution is 2.28. The number of piperidine rings is 1. The molecule has 0 amide bonds. The summed E-state index contributed by atoms with van der Waals surface area (Å²) in [5.74, 6) is 2.34. The first kappa shape index (κ1) is 12.6. The molecule has 1 aromatic heterocycles. The minimum atomic E-state index is 0.497. The summed E-state index contributed by atoms with van der Waals surface area (Å²) in [7, 11) is 0. The van der Waals surface area contributed by atoms with Crippen LogP contribution in [0.4, 0.5) is 0 Å². The number of nitrogens with zero attached hydrogens (tertiary/aromatic N) is 2. The first-order chi connectivity index (χ1) is 8.20. The van der Waals surface area contributed by atoms with Gasteiger partial charge in [-0.2, -0.15) is 0 Å². The lowest BCUT2D eigenvalue weighted by atomic mass is 9.96. The Morgan fingerprint density at radius 1 is 1.47 bits per heavy atom. The van der Waals surface area contributed by atoms with E-state index in [1.165, 1.54) is 0 Å². The van der Waals surface area contributed by atoms with Crippen molar-refractivity contribution >= 4 is 0 Å². The molecule has 1 saturated heterocycles. The molecule has 0 spiro atoms. The Balaban J connectivity index is 1.91. The molecule has 96 valence electrons. The summed E-state index contributed by atoms with van der Waals surface area (Å²) in [4.78, 5) is 6.90. The minimum absolute atomic E-state index is 0.497. The van der Waals surface area contributed by atoms with Gasteiger partial charge in [-0.15, -0.1) is 0 Å². The fourth-order valence-electron chi connectivity index (χ4n) is 2.43. The Morgan fingerprint density at radius 3 is 2.76 bits per heavy atom. The second-order valence-corrected chi connectivity index (χ2v) is 5.11. The molecule has 0 atom stereocenters. The van der Waals surface area contributed by atoms with Gasteiger partial charge in [-0.3, -0.25) is 0 Å². The van der Waals surface area contributed by atoms with Crippen molar-refractivity contribution in [1.82, 2.24) is 9.88 Å². The van der Waals surface area contributed by atoms with Gasteiger partial charge >= 0.3 is 0 Å². The molecule has 0 radical (unpaired) electrons. The number of hydrogen-bond donors (Lipinski definition) is 1. The van der Waals surface area contributed by atoms with Gasteiger partial charge < -0.3 is 15.1 Å². The summed E-state index contributed by atoms with van der Waals surface area (Å²) in [5.41, 5.74) is 5.51. The van der Waals surface area contributed by atoms with Crippen LogP contribution in [-0.4, -0.2) is 35.6 Å². The van der Waals surface area contributed by atoms with Crippen molar-refractivity contribution < 1.29 is 4.42 Å². The van der Waals surface area contributed by atoms with E-state index in [-0.39, 0.29) is 0 Å². The fourth-order valence-corrected chi connectivity index (χ4v) is 2.43. The van der Waals surface area contributed by atoms with Crippen LogP contribution < -0.4 is 5.73 Å². The molecule has 1 fully saturated rings. The van der Waals surface area contributed by atoms with Crippen LogP contribution in [0.25, 0.3) is 0 Å². The molecule has 0 aliphatic carbocycles. The zero-order valence-electron chi connectivity index (χ0n) is 10.9. The first-order valence-electron chi connectivity index (χ1n) is 6.59. The molecule has 2 heterocycles. The summed E-state index contributed by atoms with van der Waals surface area (Å²) in [6, 6.07) is 0.647. The maximum atomic E-state index is 5.75. The molecule has 0 unspecified atom stereocenters. The van der Waals surface area contributed by atoms with Crippen molar-refractivity contribution in [3.8, 4) is 0 Å². The van der Waals surface area contributed by atoms with Crippen LogP contribution in [0.15, 0.2) is 10.6 Å². The van der Waals surface area contributed by atoms with Gasteiger partial charge in [-0.1, -0.05) is 0 Å². The molecule has 0 saturated carbocycles. The molecule has 4 heteroatoms. The second kappa shape index (κ2) is 5.65. The van der Waals surface area contributed by atoms with Gasteiger partial charge in [0.15, 0.2) is 5.89 Å². The molecule has 0 aromatic carbocycles. The van der Waals surface area contributed by atoms with Gasteiger partial charge in [-0.25, -0.2) is 4.98 Å². The lowest BCUT2D eigenvalue weighted by Crippen LogP contribution is -2.37. The van der Waals surface area contributed by atoms with Crippen molar-refractivity contribution in [2.24, 2.45) is 5.73 Å². The number of rotatable bonds is 4. The van der Waals surface area contributed by atoms with Crippen molar-refractivity contribution in [3.63, 3.8) is 0 Å². The molecule has 4 nitrogen and oxygen atoms in total. The number of likely N-dealkylation sites (tertiary alicyclic amines) is 1. The summed E-state index contributed by atoms with van der Waals surface area (Å²) < 4.78 is 5.75. The van der Waals surface area contributed by atoms with Gasteiger partial charge in [0.2, 0.25) is 0 Å². The Kier molecular flexibility index (Phi) is 4.18. The standard InChI is InChI=1S/C13H23N3O/c1-10(2)16-7-4-11(5-8-16)13-15-9-12(17-13)3-6-14/h9-11H,3-8,14H2,1-2H3. The summed E-state index contributed by atoms with van der Waals surface area (Å²) in [6.07, 6.45) is 4.93. The molecule has 2 rings (SSSR count). The molecule has 2 N–H and O–H groups in total. The Hall–Kier alpha value is -0.870. The lowest BCUT2D eigenvalue weighted by Gasteiger charge is -2.33. The molecule has 17 heavy (non-hydrogen) atoms. The van der Waals surface area contributed by atoms with E-state index in [9.17, 15) is 0 Å². The van der Waals surface area contributed by atoms with Gasteiger partial charge in [0.25, 0.3) is 0 Å². The van der Waals surface area contributed by atoms with E-state index >= 15 is 0 Å². The van der Waals surface area contributed by atoms with E-state index in [2.05, 4.69) is 23.7 Å². The molecule has 1 aromatic rings. The third-order valence-electron chi connectivity index (χ3n) is 3.57. The van der Waals surface area contributed by atoms with Crippen LogP contribution in [0.2, 0.25) is 0 Å². The third kappa shape index (κ3) is 3.07. The number of nitrogens with two attached hydrogens (primary N) is 1. The van der Waals surface area contributed by atoms with Crippen molar-refractivity contribution in [2.75, 3.05) is 19.6 Å². The summed E-state index contributed by atoms with van der Waals surface area (Å²) >= 11 is 0. The normalized spacial score (nSPS) is 19.1. The number of oxazole rings is 1. The smallest absolute Gasteiger partial charge is 0.197 e. The molecular formula is C13H23N3O. The Bertz CT molecular complexity index is 340. The SMILES string of the molecule is CC(C)N1CCC(c2ncc(CCN)o2)CC1. The van der Waals surface area contributed by atoms with Crippen LogP contribution in [-0.2, 0) is 6.42 Å². The lowest BCUT2D eigenvalue weighted by molar-refractivity contribution is 0.162. The Labute approximate surface area is 103 Å². The monoisotopic (exact) mass is 237 g/mol. The minimum Gasteiger partial charge on any atom is -0.445 e. The predicted molar refractivity (Wildman–Crippen MR) is 67.9 cm³/mol. The third-order valence-corrected chi connectivity index (χ3v) is 3.57. The fraction of sp³-hybridized carbons (Fsp3) is 0.769. The van der Waals surface area contributed by atoms with Gasteiger partial charge in [-0.05, 0) is 46.3 Å². The number of hydrogen-bond acceptors (Lipinski definition) is 4. The van der Waals surface area contributed by atoms with E-state index in [1.807, 2.05) is 6.20 Å². The van der Waals surface area contributed by atoms with E-state index in [4.69, 9.17) is 10.2 Å². The zero-order valence-corrected chi connectivity index (χ0v) is 10.9.